The van der Waals surface area contributed by atoms with E-state index in [0.29, 0.717) is 16.6 Å². The van der Waals surface area contributed by atoms with Crippen molar-refractivity contribution in [3.8, 4) is 10.6 Å². The number of halogens is 3. The van der Waals surface area contributed by atoms with E-state index < -0.39 is 28.8 Å². The molecule has 1 unspecified atom stereocenters. The van der Waals surface area contributed by atoms with Crippen molar-refractivity contribution < 1.29 is 22.8 Å². The van der Waals surface area contributed by atoms with E-state index in [2.05, 4.69) is 15.3 Å². The summed E-state index contributed by atoms with van der Waals surface area (Å²) in [6.45, 7) is 1.18. The van der Waals surface area contributed by atoms with Gasteiger partial charge >= 0.3 is 6.18 Å². The third-order valence-electron chi connectivity index (χ3n) is 2.85. The zero-order chi connectivity index (χ0) is 17.9. The minimum absolute atomic E-state index is 0.0917. The zero-order valence-corrected chi connectivity index (χ0v) is 14.2. The average molecular weight is 375 g/mol. The fourth-order valence-electron chi connectivity index (χ4n) is 1.73. The molecule has 0 aliphatic rings. The Morgan fingerprint density at radius 3 is 2.54 bits per heavy atom. The first-order valence-corrected chi connectivity index (χ1v) is 8.37. The Labute approximate surface area is 143 Å². The van der Waals surface area contributed by atoms with Gasteiger partial charge in [-0.15, -0.1) is 11.3 Å². The number of amides is 1. The fraction of sp³-hybridized carbons (Fsp3) is 0.286. The molecule has 10 heteroatoms. The molecule has 128 valence electrons. The highest BCUT2D eigenvalue weighted by Gasteiger charge is 2.35. The second kappa shape index (κ2) is 7.31. The van der Waals surface area contributed by atoms with Gasteiger partial charge in [-0.1, -0.05) is 17.8 Å². The molecule has 24 heavy (non-hydrogen) atoms. The van der Waals surface area contributed by atoms with Gasteiger partial charge in [-0.2, -0.15) is 13.2 Å². The largest absolute Gasteiger partial charge is 0.433 e. The highest BCUT2D eigenvalue weighted by atomic mass is 32.2. The molecule has 0 saturated carbocycles. The summed E-state index contributed by atoms with van der Waals surface area (Å²) in [5, 5.41) is 2.51. The molecule has 0 bridgehead atoms. The Kier molecular flexibility index (Phi) is 5.60. The lowest BCUT2D eigenvalue weighted by molar-refractivity contribution is -0.141. The Morgan fingerprint density at radius 2 is 2.04 bits per heavy atom. The van der Waals surface area contributed by atoms with Gasteiger partial charge < -0.3 is 5.32 Å². The van der Waals surface area contributed by atoms with E-state index in [9.17, 15) is 22.8 Å². The van der Waals surface area contributed by atoms with Crippen molar-refractivity contribution in [2.24, 2.45) is 0 Å². The number of thiophene rings is 1. The van der Waals surface area contributed by atoms with Gasteiger partial charge in [-0.05, 0) is 24.4 Å². The quantitative estimate of drug-likeness (QED) is 0.494. The van der Waals surface area contributed by atoms with Crippen LogP contribution in [0.25, 0.3) is 10.6 Å². The number of aromatic nitrogens is 2. The fourth-order valence-corrected chi connectivity index (χ4v) is 3.32. The lowest BCUT2D eigenvalue weighted by Gasteiger charge is -2.13. The third-order valence-corrected chi connectivity index (χ3v) is 4.91. The summed E-state index contributed by atoms with van der Waals surface area (Å²) in [4.78, 5) is 31.4. The molecule has 2 aromatic rings. The maximum atomic E-state index is 13.1. The van der Waals surface area contributed by atoms with Gasteiger partial charge in [0.1, 0.15) is 10.9 Å². The SMILES string of the molecule is CNC(=O)C(Sc1nc(-c2cccs2)cc(C(F)(F)F)n1)C(C)=O. The van der Waals surface area contributed by atoms with Crippen LogP contribution in [0.15, 0.2) is 28.7 Å². The Hall–Kier alpha value is -1.94. The number of hydrogen-bond donors (Lipinski definition) is 1. The van der Waals surface area contributed by atoms with Crippen molar-refractivity contribution >= 4 is 34.8 Å². The number of nitrogens with zero attached hydrogens (tertiary/aromatic N) is 2. The van der Waals surface area contributed by atoms with Crippen LogP contribution >= 0.6 is 23.1 Å². The van der Waals surface area contributed by atoms with E-state index in [4.69, 9.17) is 0 Å². The summed E-state index contributed by atoms with van der Waals surface area (Å²) < 4.78 is 39.2. The summed E-state index contributed by atoms with van der Waals surface area (Å²) in [5.74, 6) is -1.12. The van der Waals surface area contributed by atoms with E-state index in [1.165, 1.54) is 25.3 Å². The summed E-state index contributed by atoms with van der Waals surface area (Å²) in [5.41, 5.74) is -1.03. The van der Waals surface area contributed by atoms with Crippen molar-refractivity contribution in [3.05, 3.63) is 29.3 Å². The van der Waals surface area contributed by atoms with Crippen LogP contribution in [-0.2, 0) is 15.8 Å². The molecule has 0 aromatic carbocycles. The van der Waals surface area contributed by atoms with E-state index in [1.807, 2.05) is 0 Å². The Morgan fingerprint density at radius 1 is 1.33 bits per heavy atom. The van der Waals surface area contributed by atoms with Crippen molar-refractivity contribution in [1.29, 1.82) is 0 Å². The summed E-state index contributed by atoms with van der Waals surface area (Å²) >= 11 is 1.82. The van der Waals surface area contributed by atoms with Gasteiger partial charge in [0.25, 0.3) is 0 Å². The number of thioether (sulfide) groups is 1. The topological polar surface area (TPSA) is 72.0 Å². The first-order valence-electron chi connectivity index (χ1n) is 6.61. The standard InChI is InChI=1S/C14H12F3N3O2S2/c1-7(21)11(12(22)18-2)24-13-19-8(9-4-3-5-23-9)6-10(20-13)14(15,16)17/h3-6,11H,1-2H3,(H,18,22). The minimum atomic E-state index is -4.66. The smallest absolute Gasteiger partial charge is 0.358 e. The van der Waals surface area contributed by atoms with Gasteiger partial charge in [0.2, 0.25) is 5.91 Å². The van der Waals surface area contributed by atoms with Crippen LogP contribution in [0.1, 0.15) is 12.6 Å². The van der Waals surface area contributed by atoms with Crippen LogP contribution in [0.4, 0.5) is 13.2 Å². The summed E-state index contributed by atoms with van der Waals surface area (Å²) in [6.07, 6.45) is -4.66. The molecule has 0 spiro atoms. The lowest BCUT2D eigenvalue weighted by atomic mass is 10.3. The van der Waals surface area contributed by atoms with Crippen molar-refractivity contribution in [2.75, 3.05) is 7.05 Å². The second-order valence-electron chi connectivity index (χ2n) is 4.62. The molecule has 2 rings (SSSR count). The number of alkyl halides is 3. The number of hydrogen-bond acceptors (Lipinski definition) is 6. The first kappa shape index (κ1) is 18.4. The number of Topliss-reactive ketones (excluding diaryl/α,β-unsaturated/α-hetero) is 1. The van der Waals surface area contributed by atoms with Crippen molar-refractivity contribution in [1.82, 2.24) is 15.3 Å². The van der Waals surface area contributed by atoms with Crippen LogP contribution in [0, 0.1) is 0 Å². The number of rotatable bonds is 5. The van der Waals surface area contributed by atoms with Gasteiger partial charge in [0.15, 0.2) is 10.9 Å². The molecule has 0 saturated heterocycles. The van der Waals surface area contributed by atoms with E-state index >= 15 is 0 Å². The molecule has 2 aromatic heterocycles. The van der Waals surface area contributed by atoms with Crippen LogP contribution in [0.5, 0.6) is 0 Å². The van der Waals surface area contributed by atoms with Crippen molar-refractivity contribution in [2.45, 2.75) is 23.5 Å². The Balaban J connectivity index is 2.47. The molecular weight excluding hydrogens is 363 g/mol. The van der Waals surface area contributed by atoms with E-state index in [-0.39, 0.29) is 10.9 Å². The van der Waals surface area contributed by atoms with Crippen LogP contribution < -0.4 is 5.32 Å². The Bertz CT molecular complexity index is 748. The highest BCUT2D eigenvalue weighted by Crippen LogP contribution is 2.34. The molecule has 0 radical (unpaired) electrons. The van der Waals surface area contributed by atoms with Gasteiger partial charge in [0, 0.05) is 7.05 Å². The molecule has 1 amide bonds. The molecular formula is C14H12F3N3O2S2. The molecule has 0 aliphatic heterocycles. The molecule has 2 heterocycles. The number of nitrogens with one attached hydrogen (secondary N) is 1. The van der Waals surface area contributed by atoms with Gasteiger partial charge in [0.05, 0.1) is 10.6 Å². The predicted octanol–water partition coefficient (Wildman–Crippen LogP) is 3.02. The van der Waals surface area contributed by atoms with Crippen molar-refractivity contribution in [3.63, 3.8) is 0 Å². The zero-order valence-electron chi connectivity index (χ0n) is 12.5. The number of carbonyl (C=O) groups is 2. The second-order valence-corrected chi connectivity index (χ2v) is 6.64. The highest BCUT2D eigenvalue weighted by molar-refractivity contribution is 8.01. The van der Waals surface area contributed by atoms with Crippen LogP contribution in [0.2, 0.25) is 0 Å². The lowest BCUT2D eigenvalue weighted by Crippen LogP contribution is -2.34. The molecule has 0 aliphatic carbocycles. The molecule has 1 atom stereocenters. The van der Waals surface area contributed by atoms with E-state index in [0.717, 1.165) is 6.07 Å². The normalized spacial score (nSPS) is 12.7. The first-order chi connectivity index (χ1) is 11.2. The van der Waals surface area contributed by atoms with Gasteiger partial charge in [-0.3, -0.25) is 9.59 Å². The van der Waals surface area contributed by atoms with Gasteiger partial charge in [-0.25, -0.2) is 9.97 Å². The van der Waals surface area contributed by atoms with E-state index in [1.54, 1.807) is 17.5 Å². The molecule has 5 nitrogen and oxygen atoms in total. The molecule has 0 fully saturated rings. The van der Waals surface area contributed by atoms with Crippen LogP contribution in [0.3, 0.4) is 0 Å². The predicted molar refractivity (Wildman–Crippen MR) is 84.7 cm³/mol. The third kappa shape index (κ3) is 4.32. The molecule has 1 N–H and O–H groups in total. The van der Waals surface area contributed by atoms with Crippen LogP contribution in [-0.4, -0.2) is 34.0 Å². The monoisotopic (exact) mass is 375 g/mol. The maximum absolute atomic E-state index is 13.1. The number of carbonyl (C=O) groups excluding carboxylic acids is 2. The maximum Gasteiger partial charge on any atom is 0.433 e. The summed E-state index contributed by atoms with van der Waals surface area (Å²) in [6, 6.07) is 4.16. The minimum Gasteiger partial charge on any atom is -0.358 e. The average Bonchev–Trinajstić information content (AvgIpc) is 3.05. The number of ketones is 1. The summed E-state index contributed by atoms with van der Waals surface area (Å²) in [7, 11) is 1.34.